The minimum Gasteiger partial charge on any atom is -0.456 e. The van der Waals surface area contributed by atoms with Crippen molar-refractivity contribution in [3.05, 3.63) is 83.9 Å². The molecule has 1 heterocycles. The van der Waals surface area contributed by atoms with Crippen molar-refractivity contribution < 1.29 is 19.1 Å². The largest absolute Gasteiger partial charge is 0.456 e. The molecule has 2 atom stereocenters. The molecule has 0 radical (unpaired) electrons. The van der Waals surface area contributed by atoms with E-state index < -0.39 is 11.6 Å². The Balaban J connectivity index is 1.38. The number of urea groups is 1. The van der Waals surface area contributed by atoms with Gasteiger partial charge in [0.05, 0.1) is 5.56 Å². The van der Waals surface area contributed by atoms with Crippen LogP contribution >= 0.6 is 0 Å². The number of nitrogens with one attached hydrogen (secondary N) is 2. The lowest BCUT2D eigenvalue weighted by molar-refractivity contribution is -0.120. The topological polar surface area (TPSA) is 87.7 Å². The van der Waals surface area contributed by atoms with Gasteiger partial charge in [0.2, 0.25) is 5.91 Å². The van der Waals surface area contributed by atoms with Gasteiger partial charge >= 0.3 is 12.0 Å². The molecule has 40 heavy (non-hydrogen) atoms. The summed E-state index contributed by atoms with van der Waals surface area (Å²) < 4.78 is 5.43. The summed E-state index contributed by atoms with van der Waals surface area (Å²) in [6, 6.07) is 21.8. The van der Waals surface area contributed by atoms with Crippen molar-refractivity contribution in [1.29, 1.82) is 0 Å². The van der Waals surface area contributed by atoms with Gasteiger partial charge in [-0.25, -0.2) is 9.59 Å². The summed E-state index contributed by atoms with van der Waals surface area (Å²) in [7, 11) is 0. The van der Waals surface area contributed by atoms with Crippen LogP contribution in [0.1, 0.15) is 69.8 Å². The molecule has 210 valence electrons. The number of amides is 3. The standard InChI is InChI=1S/C33H39N3O4/c1-21(2)23-11-15-28(16-12-23)35-32(39)36-20-19-22(3)29(36)30(37)34-27-17-13-25(14-18-27)24-7-9-26(10-8-24)31(38)40-33(4,5)6/h7-18,21-22,29H,19-20H2,1-6H3,(H,34,37)(H,35,39)/t22-,29+/m1/s1. The smallest absolute Gasteiger partial charge is 0.338 e. The van der Waals surface area contributed by atoms with Gasteiger partial charge in [0.1, 0.15) is 11.6 Å². The Bertz CT molecular complexity index is 1340. The average Bonchev–Trinajstić information content (AvgIpc) is 3.30. The molecule has 3 aromatic rings. The van der Waals surface area contributed by atoms with Crippen LogP contribution in [0.3, 0.4) is 0 Å². The summed E-state index contributed by atoms with van der Waals surface area (Å²) in [5.41, 5.74) is 4.41. The van der Waals surface area contributed by atoms with Crippen LogP contribution in [0, 0.1) is 5.92 Å². The zero-order valence-electron chi connectivity index (χ0n) is 24.2. The lowest BCUT2D eigenvalue weighted by atomic mass is 10.0. The molecule has 0 aromatic heterocycles. The first-order valence-electron chi connectivity index (χ1n) is 13.8. The predicted octanol–water partition coefficient (Wildman–Crippen LogP) is 7.31. The van der Waals surface area contributed by atoms with Crippen molar-refractivity contribution in [2.45, 2.75) is 65.5 Å². The number of nitrogens with zero attached hydrogens (tertiary/aromatic N) is 1. The number of anilines is 2. The Hall–Kier alpha value is -4.13. The van der Waals surface area contributed by atoms with E-state index in [4.69, 9.17) is 4.74 Å². The lowest BCUT2D eigenvalue weighted by Gasteiger charge is -2.26. The highest BCUT2D eigenvalue weighted by atomic mass is 16.6. The summed E-state index contributed by atoms with van der Waals surface area (Å²) in [6.45, 7) is 12.3. The molecule has 0 unspecified atom stereocenters. The van der Waals surface area contributed by atoms with E-state index in [-0.39, 0.29) is 23.8 Å². The number of likely N-dealkylation sites (tertiary alicyclic amines) is 1. The van der Waals surface area contributed by atoms with E-state index in [2.05, 4.69) is 24.5 Å². The number of rotatable bonds is 6. The Kier molecular flexibility index (Phi) is 8.62. The molecule has 7 heteroatoms. The lowest BCUT2D eigenvalue weighted by Crippen LogP contribution is -2.47. The third-order valence-electron chi connectivity index (χ3n) is 7.06. The van der Waals surface area contributed by atoms with Gasteiger partial charge in [0, 0.05) is 17.9 Å². The Labute approximate surface area is 236 Å². The molecule has 1 aliphatic heterocycles. The molecule has 1 aliphatic rings. The van der Waals surface area contributed by atoms with Crippen molar-refractivity contribution in [3.63, 3.8) is 0 Å². The second kappa shape index (κ2) is 11.9. The molecule has 0 spiro atoms. The van der Waals surface area contributed by atoms with Crippen LogP contribution in [0.15, 0.2) is 72.8 Å². The fourth-order valence-corrected chi connectivity index (χ4v) is 4.82. The van der Waals surface area contributed by atoms with Crippen molar-refractivity contribution >= 4 is 29.3 Å². The second-order valence-electron chi connectivity index (χ2n) is 11.8. The maximum absolute atomic E-state index is 13.3. The average molecular weight is 542 g/mol. The molecule has 3 amide bonds. The van der Waals surface area contributed by atoms with Crippen LogP contribution < -0.4 is 10.6 Å². The van der Waals surface area contributed by atoms with E-state index in [0.29, 0.717) is 29.4 Å². The van der Waals surface area contributed by atoms with Crippen molar-refractivity contribution in [2.24, 2.45) is 5.92 Å². The van der Waals surface area contributed by atoms with E-state index in [0.717, 1.165) is 17.5 Å². The molecule has 0 bridgehead atoms. The molecular formula is C33H39N3O4. The van der Waals surface area contributed by atoms with E-state index in [1.54, 1.807) is 17.0 Å². The predicted molar refractivity (Wildman–Crippen MR) is 160 cm³/mol. The first-order valence-corrected chi connectivity index (χ1v) is 13.8. The minimum absolute atomic E-state index is 0.0387. The number of hydrogen-bond acceptors (Lipinski definition) is 4. The molecule has 0 aliphatic carbocycles. The Morgan fingerprint density at radius 2 is 1.35 bits per heavy atom. The van der Waals surface area contributed by atoms with Gasteiger partial charge in [0.25, 0.3) is 0 Å². The van der Waals surface area contributed by atoms with Crippen LogP contribution in [0.25, 0.3) is 11.1 Å². The minimum atomic E-state index is -0.560. The van der Waals surface area contributed by atoms with Gasteiger partial charge in [-0.15, -0.1) is 0 Å². The maximum Gasteiger partial charge on any atom is 0.338 e. The van der Waals surface area contributed by atoms with Crippen molar-refractivity contribution in [3.8, 4) is 11.1 Å². The summed E-state index contributed by atoms with van der Waals surface area (Å²) in [5.74, 6) is -0.109. The zero-order valence-corrected chi connectivity index (χ0v) is 24.2. The number of carbonyl (C=O) groups is 3. The Morgan fingerprint density at radius 3 is 1.90 bits per heavy atom. The normalized spacial score (nSPS) is 17.0. The molecule has 2 N–H and O–H groups in total. The third kappa shape index (κ3) is 7.08. The quantitative estimate of drug-likeness (QED) is 0.320. The van der Waals surface area contributed by atoms with Gasteiger partial charge in [-0.05, 0) is 92.1 Å². The number of benzene rings is 3. The van der Waals surface area contributed by atoms with Crippen LogP contribution in [0.2, 0.25) is 0 Å². The highest BCUT2D eigenvalue weighted by Gasteiger charge is 2.39. The van der Waals surface area contributed by atoms with Crippen LogP contribution in [-0.4, -0.2) is 41.0 Å². The van der Waals surface area contributed by atoms with Crippen LogP contribution in [-0.2, 0) is 9.53 Å². The molecule has 0 saturated carbocycles. The fourth-order valence-electron chi connectivity index (χ4n) is 4.82. The van der Waals surface area contributed by atoms with E-state index >= 15 is 0 Å². The zero-order chi connectivity index (χ0) is 29.0. The number of carbonyl (C=O) groups excluding carboxylic acids is 3. The molecule has 1 fully saturated rings. The number of esters is 1. The van der Waals surface area contributed by atoms with Gasteiger partial charge in [0.15, 0.2) is 0 Å². The first kappa shape index (κ1) is 28.9. The molecule has 4 rings (SSSR count). The van der Waals surface area contributed by atoms with E-state index in [1.165, 1.54) is 5.56 Å². The van der Waals surface area contributed by atoms with Crippen molar-refractivity contribution in [2.75, 3.05) is 17.2 Å². The summed E-state index contributed by atoms with van der Waals surface area (Å²) in [6.07, 6.45) is 0.760. The van der Waals surface area contributed by atoms with Gasteiger partial charge in [-0.2, -0.15) is 0 Å². The second-order valence-corrected chi connectivity index (χ2v) is 11.8. The highest BCUT2D eigenvalue weighted by Crippen LogP contribution is 2.28. The SMILES string of the molecule is CC(C)c1ccc(NC(=O)N2CC[C@@H](C)[C@H]2C(=O)Nc2ccc(-c3ccc(C(=O)OC(C)(C)C)cc3)cc2)cc1. The third-order valence-corrected chi connectivity index (χ3v) is 7.06. The molecular weight excluding hydrogens is 502 g/mol. The van der Waals surface area contributed by atoms with Gasteiger partial charge in [-0.1, -0.05) is 57.2 Å². The van der Waals surface area contributed by atoms with E-state index in [1.807, 2.05) is 88.4 Å². The fraction of sp³-hybridized carbons (Fsp3) is 0.364. The monoisotopic (exact) mass is 541 g/mol. The van der Waals surface area contributed by atoms with Crippen molar-refractivity contribution in [1.82, 2.24) is 4.90 Å². The van der Waals surface area contributed by atoms with Crippen LogP contribution in [0.4, 0.5) is 16.2 Å². The van der Waals surface area contributed by atoms with Gasteiger partial charge < -0.3 is 20.3 Å². The highest BCUT2D eigenvalue weighted by molar-refractivity contribution is 6.00. The molecule has 7 nitrogen and oxygen atoms in total. The maximum atomic E-state index is 13.3. The van der Waals surface area contributed by atoms with Gasteiger partial charge in [-0.3, -0.25) is 4.79 Å². The Morgan fingerprint density at radius 1 is 0.825 bits per heavy atom. The summed E-state index contributed by atoms with van der Waals surface area (Å²) in [4.78, 5) is 40.3. The summed E-state index contributed by atoms with van der Waals surface area (Å²) in [5, 5.41) is 5.93. The molecule has 1 saturated heterocycles. The van der Waals surface area contributed by atoms with Crippen LogP contribution in [0.5, 0.6) is 0 Å². The number of hydrogen-bond donors (Lipinski definition) is 2. The number of ether oxygens (including phenoxy) is 1. The van der Waals surface area contributed by atoms with E-state index in [9.17, 15) is 14.4 Å². The summed E-state index contributed by atoms with van der Waals surface area (Å²) >= 11 is 0. The molecule has 3 aromatic carbocycles. The first-order chi connectivity index (χ1) is 18.9.